The van der Waals surface area contributed by atoms with Crippen molar-refractivity contribution in [3.63, 3.8) is 0 Å². The summed E-state index contributed by atoms with van der Waals surface area (Å²) < 4.78 is 40.4. The number of rotatable bonds is 4. The molecule has 2 aromatic carbocycles. The van der Waals surface area contributed by atoms with Crippen LogP contribution in [-0.4, -0.2) is 31.7 Å². The molecule has 0 aliphatic carbocycles. The van der Waals surface area contributed by atoms with Gasteiger partial charge in [-0.05, 0) is 49.6 Å². The molecular weight excluding hydrogens is 369 g/mol. The number of nitrogens with two attached hydrogens (primary N) is 1. The first-order chi connectivity index (χ1) is 12.8. The Morgan fingerprint density at radius 2 is 1.85 bits per heavy atom. The van der Waals surface area contributed by atoms with E-state index in [-0.39, 0.29) is 29.8 Å². The van der Waals surface area contributed by atoms with E-state index in [4.69, 9.17) is 5.73 Å². The molecule has 0 saturated carbocycles. The van der Waals surface area contributed by atoms with Crippen LogP contribution in [0.25, 0.3) is 0 Å². The van der Waals surface area contributed by atoms with Gasteiger partial charge in [0.05, 0.1) is 0 Å². The first-order valence-electron chi connectivity index (χ1n) is 8.70. The molecule has 1 amide bonds. The lowest BCUT2D eigenvalue weighted by Crippen LogP contribution is -2.41. The quantitative estimate of drug-likeness (QED) is 0.784. The largest absolute Gasteiger partial charge is 0.399 e. The third kappa shape index (κ3) is 4.12. The minimum absolute atomic E-state index is 0.161. The maximum atomic E-state index is 13.9. The van der Waals surface area contributed by atoms with Crippen LogP contribution in [0.2, 0.25) is 0 Å². The summed E-state index contributed by atoms with van der Waals surface area (Å²) in [5, 5.41) is 2.87. The molecule has 144 valence electrons. The molecular formula is C19H22FN3O3S. The monoisotopic (exact) mass is 391 g/mol. The fourth-order valence-corrected chi connectivity index (χ4v) is 4.70. The fourth-order valence-electron chi connectivity index (χ4n) is 3.16. The van der Waals surface area contributed by atoms with Gasteiger partial charge < -0.3 is 11.1 Å². The minimum Gasteiger partial charge on any atom is -0.399 e. The van der Waals surface area contributed by atoms with Gasteiger partial charge in [0.25, 0.3) is 0 Å². The van der Waals surface area contributed by atoms with Crippen LogP contribution in [0.3, 0.4) is 0 Å². The number of aryl methyl sites for hydroxylation is 1. The highest BCUT2D eigenvalue weighted by atomic mass is 32.2. The zero-order valence-corrected chi connectivity index (χ0v) is 15.8. The van der Waals surface area contributed by atoms with Gasteiger partial charge in [-0.15, -0.1) is 0 Å². The molecule has 27 heavy (non-hydrogen) atoms. The molecule has 2 aromatic rings. The van der Waals surface area contributed by atoms with E-state index in [1.807, 2.05) is 13.0 Å². The Morgan fingerprint density at radius 1 is 1.19 bits per heavy atom. The van der Waals surface area contributed by atoms with Gasteiger partial charge in [0, 0.05) is 30.4 Å². The van der Waals surface area contributed by atoms with Gasteiger partial charge in [-0.2, -0.15) is 4.31 Å². The first-order valence-corrected chi connectivity index (χ1v) is 10.1. The van der Waals surface area contributed by atoms with E-state index in [0.29, 0.717) is 24.2 Å². The zero-order chi connectivity index (χ0) is 19.6. The van der Waals surface area contributed by atoms with Crippen LogP contribution in [0, 0.1) is 18.7 Å². The molecule has 1 heterocycles. The Balaban J connectivity index is 1.66. The lowest BCUT2D eigenvalue weighted by atomic mass is 9.97. The molecule has 8 heteroatoms. The molecule has 1 saturated heterocycles. The zero-order valence-electron chi connectivity index (χ0n) is 15.0. The van der Waals surface area contributed by atoms with Crippen LogP contribution in [0.5, 0.6) is 0 Å². The number of amides is 1. The van der Waals surface area contributed by atoms with Crippen LogP contribution in [0.15, 0.2) is 47.4 Å². The Bertz CT molecular complexity index is 954. The van der Waals surface area contributed by atoms with Crippen LogP contribution in [-0.2, 0) is 14.8 Å². The highest BCUT2D eigenvalue weighted by Crippen LogP contribution is 2.27. The number of hydrogen-bond acceptors (Lipinski definition) is 4. The van der Waals surface area contributed by atoms with E-state index in [9.17, 15) is 17.6 Å². The van der Waals surface area contributed by atoms with Crippen molar-refractivity contribution in [1.29, 1.82) is 0 Å². The summed E-state index contributed by atoms with van der Waals surface area (Å²) in [5.74, 6) is -1.24. The molecule has 0 spiro atoms. The summed E-state index contributed by atoms with van der Waals surface area (Å²) in [6.45, 7) is 2.22. The van der Waals surface area contributed by atoms with Gasteiger partial charge in [0.15, 0.2) is 0 Å². The van der Waals surface area contributed by atoms with E-state index < -0.39 is 15.8 Å². The molecule has 1 fully saturated rings. The SMILES string of the molecule is Cc1ccc(N)cc1NC(=O)C1CCN(S(=O)(=O)c2ccccc2F)CC1. The number of benzene rings is 2. The van der Waals surface area contributed by atoms with Crippen molar-refractivity contribution < 1.29 is 17.6 Å². The average Bonchev–Trinajstić information content (AvgIpc) is 2.65. The average molecular weight is 391 g/mol. The lowest BCUT2D eigenvalue weighted by Gasteiger charge is -2.30. The van der Waals surface area contributed by atoms with Crippen LogP contribution < -0.4 is 11.1 Å². The second kappa shape index (κ2) is 7.66. The molecule has 6 nitrogen and oxygen atoms in total. The summed E-state index contributed by atoms with van der Waals surface area (Å²) in [6.07, 6.45) is 0.752. The number of sulfonamides is 1. The van der Waals surface area contributed by atoms with Gasteiger partial charge in [0.2, 0.25) is 15.9 Å². The molecule has 3 rings (SSSR count). The smallest absolute Gasteiger partial charge is 0.245 e. The fraction of sp³-hybridized carbons (Fsp3) is 0.316. The Morgan fingerprint density at radius 3 is 2.52 bits per heavy atom. The molecule has 0 unspecified atom stereocenters. The van der Waals surface area contributed by atoms with Crippen molar-refractivity contribution in [3.8, 4) is 0 Å². The number of halogens is 1. The molecule has 3 N–H and O–H groups in total. The van der Waals surface area contributed by atoms with Gasteiger partial charge in [0.1, 0.15) is 10.7 Å². The Hall–Kier alpha value is -2.45. The standard InChI is InChI=1S/C19H22FN3O3S/c1-13-6-7-15(21)12-17(13)22-19(24)14-8-10-23(11-9-14)27(25,26)18-5-3-2-4-16(18)20/h2-7,12,14H,8-11,21H2,1H3,(H,22,24). The van der Waals surface area contributed by atoms with Crippen molar-refractivity contribution in [2.45, 2.75) is 24.7 Å². The van der Waals surface area contributed by atoms with Crippen molar-refractivity contribution in [2.24, 2.45) is 5.92 Å². The molecule has 1 aliphatic rings. The maximum Gasteiger partial charge on any atom is 0.245 e. The van der Waals surface area contributed by atoms with Crippen LogP contribution in [0.1, 0.15) is 18.4 Å². The third-order valence-corrected chi connectivity index (χ3v) is 6.73. The molecule has 0 atom stereocenters. The predicted molar refractivity (Wildman–Crippen MR) is 102 cm³/mol. The van der Waals surface area contributed by atoms with E-state index in [0.717, 1.165) is 11.6 Å². The van der Waals surface area contributed by atoms with E-state index in [1.165, 1.54) is 22.5 Å². The van der Waals surface area contributed by atoms with Crippen molar-refractivity contribution in [3.05, 3.63) is 53.8 Å². The number of nitrogens with zero attached hydrogens (tertiary/aromatic N) is 1. The highest BCUT2D eigenvalue weighted by Gasteiger charge is 2.33. The Kier molecular flexibility index (Phi) is 5.48. The van der Waals surface area contributed by atoms with Crippen LogP contribution >= 0.6 is 0 Å². The molecule has 0 bridgehead atoms. The third-order valence-electron chi connectivity index (χ3n) is 4.80. The van der Waals surface area contributed by atoms with E-state index >= 15 is 0 Å². The summed E-state index contributed by atoms with van der Waals surface area (Å²) >= 11 is 0. The second-order valence-electron chi connectivity index (χ2n) is 6.67. The summed E-state index contributed by atoms with van der Waals surface area (Å²) in [5.41, 5.74) is 7.87. The van der Waals surface area contributed by atoms with Gasteiger partial charge in [-0.25, -0.2) is 12.8 Å². The number of carbonyl (C=O) groups excluding carboxylic acids is 1. The van der Waals surface area contributed by atoms with Crippen molar-refractivity contribution >= 4 is 27.3 Å². The summed E-state index contributed by atoms with van der Waals surface area (Å²) in [4.78, 5) is 12.2. The number of carbonyl (C=O) groups is 1. The van der Waals surface area contributed by atoms with Crippen LogP contribution in [0.4, 0.5) is 15.8 Å². The van der Waals surface area contributed by atoms with Gasteiger partial charge in [-0.3, -0.25) is 4.79 Å². The number of piperidine rings is 1. The molecule has 1 aliphatic heterocycles. The number of nitrogens with one attached hydrogen (secondary N) is 1. The molecule has 0 radical (unpaired) electrons. The van der Waals surface area contributed by atoms with Gasteiger partial charge in [-0.1, -0.05) is 18.2 Å². The highest BCUT2D eigenvalue weighted by molar-refractivity contribution is 7.89. The number of hydrogen-bond donors (Lipinski definition) is 2. The summed E-state index contributed by atoms with van der Waals surface area (Å²) in [6, 6.07) is 10.6. The number of nitrogen functional groups attached to an aromatic ring is 1. The second-order valence-corrected chi connectivity index (χ2v) is 8.58. The summed E-state index contributed by atoms with van der Waals surface area (Å²) in [7, 11) is -3.90. The van der Waals surface area contributed by atoms with E-state index in [2.05, 4.69) is 5.32 Å². The van der Waals surface area contributed by atoms with Crippen molar-refractivity contribution in [1.82, 2.24) is 4.31 Å². The minimum atomic E-state index is -3.90. The van der Waals surface area contributed by atoms with Crippen molar-refractivity contribution in [2.75, 3.05) is 24.1 Å². The normalized spacial score (nSPS) is 16.2. The predicted octanol–water partition coefficient (Wildman–Crippen LogP) is 2.76. The number of anilines is 2. The van der Waals surface area contributed by atoms with Gasteiger partial charge >= 0.3 is 0 Å². The molecule has 0 aromatic heterocycles. The first kappa shape index (κ1) is 19.3. The lowest BCUT2D eigenvalue weighted by molar-refractivity contribution is -0.120. The maximum absolute atomic E-state index is 13.9. The topological polar surface area (TPSA) is 92.5 Å². The Labute approximate surface area is 158 Å². The van der Waals surface area contributed by atoms with E-state index in [1.54, 1.807) is 12.1 Å².